The Morgan fingerprint density at radius 2 is 2.04 bits per heavy atom. The Bertz CT molecular complexity index is 799. The number of amides is 1. The molecule has 1 amide bonds. The maximum Gasteiger partial charge on any atom is 0.241 e. The SMILES string of the molecule is CSc1ccc(S(=O)(=O)NCc2ccco2)cc1NC(=O)C(C)C. The van der Waals surface area contributed by atoms with Gasteiger partial charge >= 0.3 is 0 Å². The molecule has 0 bridgehead atoms. The third-order valence-corrected chi connectivity index (χ3v) is 5.47. The van der Waals surface area contributed by atoms with Crippen molar-refractivity contribution in [3.05, 3.63) is 42.4 Å². The highest BCUT2D eigenvalue weighted by Gasteiger charge is 2.18. The highest BCUT2D eigenvalue weighted by Crippen LogP contribution is 2.28. The molecule has 130 valence electrons. The predicted octanol–water partition coefficient (Wildman–Crippen LogP) is 3.07. The largest absolute Gasteiger partial charge is 0.468 e. The molecule has 0 saturated carbocycles. The normalized spacial score (nSPS) is 11.7. The average Bonchev–Trinajstić information content (AvgIpc) is 3.06. The Kier molecular flexibility index (Phi) is 6.09. The van der Waals surface area contributed by atoms with E-state index in [9.17, 15) is 13.2 Å². The van der Waals surface area contributed by atoms with Crippen LogP contribution in [0.1, 0.15) is 19.6 Å². The summed E-state index contributed by atoms with van der Waals surface area (Å²) in [6, 6.07) is 8.05. The third-order valence-electron chi connectivity index (χ3n) is 3.28. The molecule has 0 unspecified atom stereocenters. The molecule has 0 aliphatic rings. The number of rotatable bonds is 7. The van der Waals surface area contributed by atoms with Crippen molar-refractivity contribution in [3.63, 3.8) is 0 Å². The molecule has 0 fully saturated rings. The van der Waals surface area contributed by atoms with E-state index < -0.39 is 10.0 Å². The fraction of sp³-hybridized carbons (Fsp3) is 0.312. The van der Waals surface area contributed by atoms with Crippen molar-refractivity contribution in [2.45, 2.75) is 30.2 Å². The Morgan fingerprint density at radius 1 is 1.29 bits per heavy atom. The highest BCUT2D eigenvalue weighted by atomic mass is 32.2. The molecule has 0 spiro atoms. The number of hydrogen-bond acceptors (Lipinski definition) is 5. The molecule has 2 N–H and O–H groups in total. The van der Waals surface area contributed by atoms with Gasteiger partial charge in [0.05, 0.1) is 23.4 Å². The first-order chi connectivity index (χ1) is 11.3. The lowest BCUT2D eigenvalue weighted by molar-refractivity contribution is -0.118. The first-order valence-corrected chi connectivity index (χ1v) is 10.0. The van der Waals surface area contributed by atoms with Crippen LogP contribution in [0, 0.1) is 5.92 Å². The van der Waals surface area contributed by atoms with Crippen LogP contribution in [0.25, 0.3) is 0 Å². The lowest BCUT2D eigenvalue weighted by atomic mass is 10.2. The van der Waals surface area contributed by atoms with Gasteiger partial charge in [-0.2, -0.15) is 0 Å². The van der Waals surface area contributed by atoms with E-state index in [2.05, 4.69) is 10.0 Å². The molecular formula is C16H20N2O4S2. The lowest BCUT2D eigenvalue weighted by Gasteiger charge is -2.13. The van der Waals surface area contributed by atoms with Gasteiger partial charge in [0.1, 0.15) is 5.76 Å². The second-order valence-corrected chi connectivity index (χ2v) is 8.02. The Labute approximate surface area is 146 Å². The lowest BCUT2D eigenvalue weighted by Crippen LogP contribution is -2.23. The van der Waals surface area contributed by atoms with Crippen molar-refractivity contribution in [1.82, 2.24) is 4.72 Å². The van der Waals surface area contributed by atoms with Gasteiger partial charge in [0.25, 0.3) is 0 Å². The van der Waals surface area contributed by atoms with Crippen LogP contribution in [-0.2, 0) is 21.4 Å². The van der Waals surface area contributed by atoms with E-state index in [1.54, 1.807) is 32.0 Å². The van der Waals surface area contributed by atoms with E-state index in [1.165, 1.54) is 30.2 Å². The van der Waals surface area contributed by atoms with Gasteiger partial charge in [-0.25, -0.2) is 13.1 Å². The van der Waals surface area contributed by atoms with Crippen LogP contribution < -0.4 is 10.0 Å². The van der Waals surface area contributed by atoms with E-state index in [0.717, 1.165) is 4.90 Å². The number of thioether (sulfide) groups is 1. The number of anilines is 1. The summed E-state index contributed by atoms with van der Waals surface area (Å²) in [5, 5.41) is 2.77. The summed E-state index contributed by atoms with van der Waals surface area (Å²) in [5.41, 5.74) is 0.488. The van der Waals surface area contributed by atoms with Crippen LogP contribution in [0.5, 0.6) is 0 Å². The Hall–Kier alpha value is -1.77. The number of furan rings is 1. The summed E-state index contributed by atoms with van der Waals surface area (Å²) in [5.74, 6) is 0.160. The molecule has 0 aliphatic carbocycles. The molecule has 0 aliphatic heterocycles. The van der Waals surface area contributed by atoms with E-state index >= 15 is 0 Å². The smallest absolute Gasteiger partial charge is 0.241 e. The summed E-state index contributed by atoms with van der Waals surface area (Å²) in [4.78, 5) is 12.8. The molecule has 0 atom stereocenters. The minimum Gasteiger partial charge on any atom is -0.468 e. The molecule has 1 heterocycles. The van der Waals surface area contributed by atoms with Crippen LogP contribution in [-0.4, -0.2) is 20.6 Å². The fourth-order valence-electron chi connectivity index (χ4n) is 1.89. The van der Waals surface area contributed by atoms with E-state index in [0.29, 0.717) is 11.4 Å². The summed E-state index contributed by atoms with van der Waals surface area (Å²) in [6.07, 6.45) is 3.35. The Morgan fingerprint density at radius 3 is 2.62 bits per heavy atom. The minimum atomic E-state index is -3.71. The second kappa shape index (κ2) is 7.87. The fourth-order valence-corrected chi connectivity index (χ4v) is 3.44. The number of carbonyl (C=O) groups excluding carboxylic acids is 1. The Balaban J connectivity index is 2.24. The molecule has 6 nitrogen and oxygen atoms in total. The van der Waals surface area contributed by atoms with Gasteiger partial charge in [0, 0.05) is 10.8 Å². The number of benzene rings is 1. The number of hydrogen-bond donors (Lipinski definition) is 2. The van der Waals surface area contributed by atoms with E-state index in [-0.39, 0.29) is 23.3 Å². The third kappa shape index (κ3) is 4.62. The van der Waals surface area contributed by atoms with E-state index in [1.807, 2.05) is 6.26 Å². The molecule has 8 heteroatoms. The molecule has 0 saturated heterocycles. The average molecular weight is 368 g/mol. The first kappa shape index (κ1) is 18.6. The topological polar surface area (TPSA) is 88.4 Å². The van der Waals surface area contributed by atoms with Gasteiger partial charge in [-0.05, 0) is 36.6 Å². The molecule has 0 radical (unpaired) electrons. The van der Waals surface area contributed by atoms with Crippen LogP contribution >= 0.6 is 11.8 Å². The van der Waals surface area contributed by atoms with Gasteiger partial charge in [-0.15, -0.1) is 11.8 Å². The van der Waals surface area contributed by atoms with Gasteiger partial charge < -0.3 is 9.73 Å². The maximum atomic E-state index is 12.4. The number of carbonyl (C=O) groups is 1. The number of nitrogens with one attached hydrogen (secondary N) is 2. The zero-order chi connectivity index (χ0) is 17.7. The molecule has 1 aromatic carbocycles. The molecule has 2 aromatic rings. The zero-order valence-corrected chi connectivity index (χ0v) is 15.3. The monoisotopic (exact) mass is 368 g/mol. The van der Waals surface area contributed by atoms with Crippen molar-refractivity contribution in [2.24, 2.45) is 5.92 Å². The van der Waals surface area contributed by atoms with Gasteiger partial charge in [-0.3, -0.25) is 4.79 Å². The van der Waals surface area contributed by atoms with Gasteiger partial charge in [0.15, 0.2) is 0 Å². The van der Waals surface area contributed by atoms with Crippen molar-refractivity contribution < 1.29 is 17.6 Å². The van der Waals surface area contributed by atoms with Gasteiger partial charge in [-0.1, -0.05) is 13.8 Å². The van der Waals surface area contributed by atoms with Crippen LogP contribution in [0.2, 0.25) is 0 Å². The van der Waals surface area contributed by atoms with Gasteiger partial charge in [0.2, 0.25) is 15.9 Å². The van der Waals surface area contributed by atoms with Crippen molar-refractivity contribution in [1.29, 1.82) is 0 Å². The number of sulfonamides is 1. The molecular weight excluding hydrogens is 348 g/mol. The molecule has 1 aromatic heterocycles. The summed E-state index contributed by atoms with van der Waals surface area (Å²) in [7, 11) is -3.71. The van der Waals surface area contributed by atoms with Crippen molar-refractivity contribution >= 4 is 33.4 Å². The highest BCUT2D eigenvalue weighted by molar-refractivity contribution is 7.98. The predicted molar refractivity (Wildman–Crippen MR) is 94.4 cm³/mol. The van der Waals surface area contributed by atoms with Crippen LogP contribution in [0.4, 0.5) is 5.69 Å². The van der Waals surface area contributed by atoms with Crippen molar-refractivity contribution in [3.8, 4) is 0 Å². The van der Waals surface area contributed by atoms with Crippen molar-refractivity contribution in [2.75, 3.05) is 11.6 Å². The van der Waals surface area contributed by atoms with Crippen LogP contribution in [0.3, 0.4) is 0 Å². The standard InChI is InChI=1S/C16H20N2O4S2/c1-11(2)16(19)18-14-9-13(6-7-15(14)23-3)24(20,21)17-10-12-5-4-8-22-12/h4-9,11,17H,10H2,1-3H3,(H,18,19). The van der Waals surface area contributed by atoms with E-state index in [4.69, 9.17) is 4.42 Å². The maximum absolute atomic E-state index is 12.4. The molecule has 24 heavy (non-hydrogen) atoms. The quantitative estimate of drug-likeness (QED) is 0.733. The summed E-state index contributed by atoms with van der Waals surface area (Å²) >= 11 is 1.43. The van der Waals surface area contributed by atoms with Crippen LogP contribution in [0.15, 0.2) is 50.8 Å². The summed E-state index contributed by atoms with van der Waals surface area (Å²) in [6.45, 7) is 3.62. The minimum absolute atomic E-state index is 0.0628. The first-order valence-electron chi connectivity index (χ1n) is 7.34. The molecule has 2 rings (SSSR count). The zero-order valence-electron chi connectivity index (χ0n) is 13.7. The summed E-state index contributed by atoms with van der Waals surface area (Å²) < 4.78 is 32.4. The second-order valence-electron chi connectivity index (χ2n) is 5.41.